The molecule has 18 heavy (non-hydrogen) atoms. The van der Waals surface area contributed by atoms with E-state index in [2.05, 4.69) is 16.0 Å². The molecule has 0 aliphatic rings. The van der Waals surface area contributed by atoms with Crippen LogP contribution in [0.5, 0.6) is 0 Å². The van der Waals surface area contributed by atoms with E-state index in [9.17, 15) is 0 Å². The number of imidazole rings is 1. The highest BCUT2D eigenvalue weighted by atomic mass is 15.1. The van der Waals surface area contributed by atoms with E-state index >= 15 is 0 Å². The number of fused-ring (bicyclic) bond motifs is 1. The van der Waals surface area contributed by atoms with E-state index < -0.39 is 0 Å². The van der Waals surface area contributed by atoms with Gasteiger partial charge in [-0.3, -0.25) is 0 Å². The molecule has 0 unspecified atom stereocenters. The van der Waals surface area contributed by atoms with Crippen LogP contribution in [0.1, 0.15) is 0 Å². The number of nitrogens with zero attached hydrogens (tertiary/aromatic N) is 2. The van der Waals surface area contributed by atoms with E-state index in [0.29, 0.717) is 0 Å². The van der Waals surface area contributed by atoms with Crippen molar-refractivity contribution < 1.29 is 0 Å². The number of nitrogens with one attached hydrogen (secondary N) is 1. The lowest BCUT2D eigenvalue weighted by molar-refractivity contribution is 1.13. The minimum Gasteiger partial charge on any atom is -0.377 e. The summed E-state index contributed by atoms with van der Waals surface area (Å²) in [6, 6.07) is 17.5. The van der Waals surface area contributed by atoms with E-state index in [0.717, 1.165) is 28.1 Å². The summed E-state index contributed by atoms with van der Waals surface area (Å²) in [5.74, 6) is 0.861. The average molecular weight is 236 g/mol. The van der Waals surface area contributed by atoms with Crippen molar-refractivity contribution >= 4 is 16.7 Å². The second-order valence-electron chi connectivity index (χ2n) is 4.45. The van der Waals surface area contributed by atoms with Crippen LogP contribution in [0.3, 0.4) is 0 Å². The van der Waals surface area contributed by atoms with Crippen LogP contribution >= 0.6 is 0 Å². The predicted molar refractivity (Wildman–Crippen MR) is 74.7 cm³/mol. The minimum absolute atomic E-state index is 0.861. The molecule has 0 spiro atoms. The summed E-state index contributed by atoms with van der Waals surface area (Å²) in [6.45, 7) is 0. The normalized spacial score (nSPS) is 10.8. The maximum absolute atomic E-state index is 4.58. The highest BCUT2D eigenvalue weighted by Crippen LogP contribution is 2.23. The first-order valence-electron chi connectivity index (χ1n) is 5.89. The Hall–Kier alpha value is -2.29. The van der Waals surface area contributed by atoms with Crippen LogP contribution in [0.25, 0.3) is 22.4 Å². The topological polar surface area (TPSA) is 31.9 Å². The summed E-state index contributed by atoms with van der Waals surface area (Å²) in [7, 11) is 4.02. The van der Waals surface area contributed by atoms with Gasteiger partial charge in [-0.15, -0.1) is 0 Å². The fraction of sp³-hybridized carbons (Fsp3) is 0.133. The Bertz CT molecular complexity index is 650. The van der Waals surface area contributed by atoms with Gasteiger partial charge in [0.2, 0.25) is 0 Å². The first-order chi connectivity index (χ1) is 8.74. The Morgan fingerprint density at radius 2 is 1.89 bits per heavy atom. The average Bonchev–Trinajstić information content (AvgIpc) is 2.82. The minimum atomic E-state index is 0.861. The van der Waals surface area contributed by atoms with Crippen LogP contribution in [-0.2, 0) is 0 Å². The van der Waals surface area contributed by atoms with Crippen molar-refractivity contribution in [1.29, 1.82) is 0 Å². The smallest absolute Gasteiger partial charge is 0.139 e. The van der Waals surface area contributed by atoms with Crippen molar-refractivity contribution in [2.24, 2.45) is 0 Å². The molecule has 0 aliphatic carbocycles. The molecule has 1 N–H and O–H groups in total. The molecule has 3 aromatic rings. The summed E-state index contributed by atoms with van der Waals surface area (Å²) < 4.78 is 0. The van der Waals surface area contributed by atoms with Crippen molar-refractivity contribution in [2.75, 3.05) is 19.0 Å². The van der Waals surface area contributed by atoms with Gasteiger partial charge in [0.1, 0.15) is 5.82 Å². The summed E-state index contributed by atoms with van der Waals surface area (Å²) in [5, 5.41) is 0. The Labute approximate surface area is 106 Å². The number of anilines is 1. The Morgan fingerprint density at radius 3 is 2.67 bits per heavy atom. The zero-order valence-corrected chi connectivity index (χ0v) is 10.4. The van der Waals surface area contributed by atoms with Crippen molar-refractivity contribution in [3.63, 3.8) is 0 Å². The quantitative estimate of drug-likeness (QED) is 0.741. The number of H-pyrrole nitrogens is 1. The molecule has 0 aliphatic heterocycles. The monoisotopic (exact) mass is 236 g/mol. The largest absolute Gasteiger partial charge is 0.377 e. The number of para-hydroxylation sites is 2. The van der Waals surface area contributed by atoms with Gasteiger partial charge >= 0.3 is 0 Å². The molecule has 0 saturated carbocycles. The zero-order chi connectivity index (χ0) is 12.5. The first kappa shape index (κ1) is 10.8. The summed E-state index contributed by atoms with van der Waals surface area (Å²) in [5.41, 5.74) is 4.07. The molecule has 2 aromatic carbocycles. The second kappa shape index (κ2) is 4.18. The maximum Gasteiger partial charge on any atom is 0.139 e. The van der Waals surface area contributed by atoms with Crippen molar-refractivity contribution in [3.05, 3.63) is 48.5 Å². The van der Waals surface area contributed by atoms with Crippen LogP contribution in [-0.4, -0.2) is 24.1 Å². The second-order valence-corrected chi connectivity index (χ2v) is 4.45. The SMILES string of the molecule is CN(C)c1[c]c(-c2nc3ccccc3[nH]2)ccc1. The van der Waals surface area contributed by atoms with E-state index in [1.54, 1.807) is 0 Å². The Morgan fingerprint density at radius 1 is 1.06 bits per heavy atom. The van der Waals surface area contributed by atoms with Crippen LogP contribution in [0.15, 0.2) is 42.5 Å². The van der Waals surface area contributed by atoms with Crippen LogP contribution in [0.4, 0.5) is 5.69 Å². The summed E-state index contributed by atoms with van der Waals surface area (Å²) in [4.78, 5) is 9.93. The van der Waals surface area contributed by atoms with E-state index in [1.165, 1.54) is 0 Å². The lowest BCUT2D eigenvalue weighted by atomic mass is 10.2. The lowest BCUT2D eigenvalue weighted by Gasteiger charge is -2.12. The number of hydrogen-bond donors (Lipinski definition) is 1. The van der Waals surface area contributed by atoms with E-state index in [-0.39, 0.29) is 0 Å². The molecule has 3 rings (SSSR count). The molecule has 0 fully saturated rings. The number of aromatic nitrogens is 2. The van der Waals surface area contributed by atoms with Gasteiger partial charge in [0, 0.05) is 31.4 Å². The van der Waals surface area contributed by atoms with Gasteiger partial charge in [-0.1, -0.05) is 24.3 Å². The molecule has 3 nitrogen and oxygen atoms in total. The molecule has 3 heteroatoms. The lowest BCUT2D eigenvalue weighted by Crippen LogP contribution is -2.08. The van der Waals surface area contributed by atoms with Gasteiger partial charge < -0.3 is 9.88 Å². The molecule has 0 amide bonds. The maximum atomic E-state index is 4.58. The summed E-state index contributed by atoms with van der Waals surface area (Å²) >= 11 is 0. The molecular weight excluding hydrogens is 222 g/mol. The van der Waals surface area contributed by atoms with Gasteiger partial charge in [-0.2, -0.15) is 0 Å². The summed E-state index contributed by atoms with van der Waals surface area (Å²) in [6.07, 6.45) is 0. The number of rotatable bonds is 2. The van der Waals surface area contributed by atoms with Gasteiger partial charge in [0.15, 0.2) is 0 Å². The Balaban J connectivity index is 2.11. The molecule has 1 aromatic heterocycles. The highest BCUT2D eigenvalue weighted by molar-refractivity contribution is 5.79. The molecule has 89 valence electrons. The fourth-order valence-electron chi connectivity index (χ4n) is 1.94. The fourth-order valence-corrected chi connectivity index (χ4v) is 1.94. The van der Waals surface area contributed by atoms with Crippen LogP contribution in [0.2, 0.25) is 0 Å². The number of benzene rings is 2. The van der Waals surface area contributed by atoms with Gasteiger partial charge in [0.05, 0.1) is 11.0 Å². The van der Waals surface area contributed by atoms with Gasteiger partial charge in [-0.05, 0) is 18.2 Å². The molecule has 1 heterocycles. The highest BCUT2D eigenvalue weighted by Gasteiger charge is 2.06. The standard InChI is InChI=1S/C15H14N3/c1-18(2)12-7-5-6-11(10-12)15-16-13-8-3-4-9-14(13)17-15/h3-9H,1-2H3,(H,16,17). The third-order valence-electron chi connectivity index (χ3n) is 2.91. The molecular formula is C15H14N3. The molecule has 0 atom stereocenters. The first-order valence-corrected chi connectivity index (χ1v) is 5.89. The molecule has 0 saturated heterocycles. The zero-order valence-electron chi connectivity index (χ0n) is 10.4. The van der Waals surface area contributed by atoms with Gasteiger partial charge in [0.25, 0.3) is 0 Å². The third kappa shape index (κ3) is 1.84. The van der Waals surface area contributed by atoms with Crippen LogP contribution in [0, 0.1) is 6.07 Å². The van der Waals surface area contributed by atoms with Crippen LogP contribution < -0.4 is 4.90 Å². The predicted octanol–water partition coefficient (Wildman–Crippen LogP) is 3.10. The van der Waals surface area contributed by atoms with E-state index in [1.807, 2.05) is 61.5 Å². The molecule has 0 bridgehead atoms. The molecule has 1 radical (unpaired) electrons. The van der Waals surface area contributed by atoms with E-state index in [4.69, 9.17) is 0 Å². The third-order valence-corrected chi connectivity index (χ3v) is 2.91. The van der Waals surface area contributed by atoms with Gasteiger partial charge in [-0.25, -0.2) is 4.98 Å². The van der Waals surface area contributed by atoms with Crippen molar-refractivity contribution in [1.82, 2.24) is 9.97 Å². The number of aromatic amines is 1. The number of hydrogen-bond acceptors (Lipinski definition) is 2. The Kier molecular flexibility index (Phi) is 2.52. The van der Waals surface area contributed by atoms with Crippen molar-refractivity contribution in [2.45, 2.75) is 0 Å². The van der Waals surface area contributed by atoms with Crippen molar-refractivity contribution in [3.8, 4) is 11.4 Å².